The number of hydrogen-bond donors (Lipinski definition) is 0. The van der Waals surface area contributed by atoms with Gasteiger partial charge in [-0.2, -0.15) is 0 Å². The van der Waals surface area contributed by atoms with Crippen LogP contribution in [0.15, 0.2) is 194 Å². The lowest BCUT2D eigenvalue weighted by molar-refractivity contribution is 1.27. The Morgan fingerprint density at radius 1 is 0.356 bits per heavy atom. The lowest BCUT2D eigenvalue weighted by Gasteiger charge is -2.33. The third-order valence-corrected chi connectivity index (χ3v) is 17.7. The molecule has 1 heterocycles. The highest BCUT2D eigenvalue weighted by molar-refractivity contribution is 7.03. The van der Waals surface area contributed by atoms with E-state index in [2.05, 4.69) is 244 Å². The maximum absolute atomic E-state index is 2.55. The average molecular weight is 779 g/mol. The van der Waals surface area contributed by atoms with E-state index in [1.54, 1.807) is 10.4 Å². The van der Waals surface area contributed by atoms with Crippen LogP contribution in [0, 0.1) is 13.8 Å². The molecular formula is C56H50N2Si. The molecule has 0 amide bonds. The first-order valence-corrected chi connectivity index (χ1v) is 23.4. The van der Waals surface area contributed by atoms with Crippen molar-refractivity contribution in [3.63, 3.8) is 0 Å². The molecule has 8 aromatic carbocycles. The average Bonchev–Trinajstić information content (AvgIpc) is 3.42. The first-order valence-electron chi connectivity index (χ1n) is 21.0. The van der Waals surface area contributed by atoms with Crippen molar-refractivity contribution in [3.8, 4) is 22.3 Å². The second kappa shape index (κ2) is 16.3. The number of rotatable bonds is 10. The van der Waals surface area contributed by atoms with Crippen LogP contribution in [0.2, 0.25) is 12.1 Å². The normalized spacial score (nSPS) is 12.6. The Labute approximate surface area is 351 Å². The zero-order chi connectivity index (χ0) is 40.3. The van der Waals surface area contributed by atoms with E-state index in [-0.39, 0.29) is 0 Å². The fraction of sp³-hybridized carbons (Fsp3) is 0.107. The summed E-state index contributed by atoms with van der Waals surface area (Å²) in [6, 6.07) is 73.4. The van der Waals surface area contributed by atoms with E-state index in [0.717, 1.165) is 46.2 Å². The fourth-order valence-electron chi connectivity index (χ4n) is 9.33. The summed E-state index contributed by atoms with van der Waals surface area (Å²) >= 11 is 0. The highest BCUT2D eigenvalue weighted by atomic mass is 28.3. The lowest BCUT2D eigenvalue weighted by atomic mass is 9.97. The van der Waals surface area contributed by atoms with Gasteiger partial charge < -0.3 is 9.80 Å². The van der Waals surface area contributed by atoms with Crippen molar-refractivity contribution in [3.05, 3.63) is 216 Å². The summed E-state index contributed by atoms with van der Waals surface area (Å²) < 4.78 is 0. The molecule has 0 bridgehead atoms. The molecule has 0 N–H and O–H groups in total. The van der Waals surface area contributed by atoms with Gasteiger partial charge in [-0.3, -0.25) is 0 Å². The molecule has 288 valence electrons. The highest BCUT2D eigenvalue weighted by Crippen LogP contribution is 2.39. The van der Waals surface area contributed by atoms with E-state index in [1.165, 1.54) is 44.5 Å². The van der Waals surface area contributed by atoms with Gasteiger partial charge in [0.05, 0.1) is 0 Å². The van der Waals surface area contributed by atoms with Crippen LogP contribution < -0.4 is 20.2 Å². The van der Waals surface area contributed by atoms with Crippen molar-refractivity contribution in [1.29, 1.82) is 0 Å². The quantitative estimate of drug-likeness (QED) is 0.128. The molecule has 0 saturated heterocycles. The van der Waals surface area contributed by atoms with Gasteiger partial charge in [0.25, 0.3) is 0 Å². The van der Waals surface area contributed by atoms with E-state index in [1.807, 2.05) is 0 Å². The molecule has 0 aliphatic carbocycles. The topological polar surface area (TPSA) is 6.48 Å². The van der Waals surface area contributed by atoms with Gasteiger partial charge in [-0.1, -0.05) is 159 Å². The van der Waals surface area contributed by atoms with Crippen LogP contribution in [0.3, 0.4) is 0 Å². The van der Waals surface area contributed by atoms with Gasteiger partial charge in [-0.05, 0) is 142 Å². The van der Waals surface area contributed by atoms with Crippen LogP contribution in [0.5, 0.6) is 0 Å². The lowest BCUT2D eigenvalue weighted by Crippen LogP contribution is -2.58. The van der Waals surface area contributed by atoms with Crippen LogP contribution in [0.25, 0.3) is 34.4 Å². The van der Waals surface area contributed by atoms with Crippen molar-refractivity contribution in [2.45, 2.75) is 39.8 Å². The van der Waals surface area contributed by atoms with Crippen LogP contribution >= 0.6 is 0 Å². The van der Waals surface area contributed by atoms with E-state index in [0.29, 0.717) is 0 Å². The van der Waals surface area contributed by atoms with Crippen LogP contribution in [-0.2, 0) is 0 Å². The standard InChI is InChI=1S/C56H50N2Si/c1-5-59(6-2)55-39-45(53-35-33-51(37-41(53)3)57(47-19-11-7-12-20-47)48-21-13-8-14-22-48)31-29-43(55)27-28-44-30-32-46(40-56(44)59)54-36-34-52(38-42(54)4)58(49-23-15-9-16-24-49)50-25-17-10-18-26-50/h7-40H,5-6H2,1-4H3. The number of para-hydroxylation sites is 4. The van der Waals surface area contributed by atoms with Gasteiger partial charge in [0.2, 0.25) is 0 Å². The van der Waals surface area contributed by atoms with E-state index in [9.17, 15) is 0 Å². The van der Waals surface area contributed by atoms with E-state index in [4.69, 9.17) is 0 Å². The number of fused-ring (bicyclic) bond motifs is 2. The van der Waals surface area contributed by atoms with Crippen molar-refractivity contribution in [2.75, 3.05) is 9.80 Å². The second-order valence-electron chi connectivity index (χ2n) is 15.7. The fourth-order valence-corrected chi connectivity index (χ4v) is 13.9. The number of hydrogen-bond acceptors (Lipinski definition) is 2. The number of aryl methyl sites for hydroxylation is 2. The van der Waals surface area contributed by atoms with Gasteiger partial charge in [0, 0.05) is 34.1 Å². The molecule has 1 aliphatic rings. The minimum Gasteiger partial charge on any atom is -0.310 e. The molecule has 59 heavy (non-hydrogen) atoms. The molecule has 0 radical (unpaired) electrons. The maximum Gasteiger partial charge on any atom is 0.119 e. The van der Waals surface area contributed by atoms with Gasteiger partial charge in [0.15, 0.2) is 0 Å². The van der Waals surface area contributed by atoms with Crippen molar-refractivity contribution in [2.24, 2.45) is 0 Å². The summed E-state index contributed by atoms with van der Waals surface area (Å²) in [7, 11) is -2.20. The predicted octanol–water partition coefficient (Wildman–Crippen LogP) is 14.7. The number of nitrogens with zero attached hydrogens (tertiary/aromatic N) is 2. The van der Waals surface area contributed by atoms with Gasteiger partial charge >= 0.3 is 0 Å². The molecule has 8 aromatic rings. The van der Waals surface area contributed by atoms with Gasteiger partial charge in [-0.15, -0.1) is 0 Å². The molecule has 0 spiro atoms. The molecule has 9 rings (SSSR count). The maximum atomic E-state index is 2.55. The monoisotopic (exact) mass is 778 g/mol. The molecule has 3 heteroatoms. The Kier molecular flexibility index (Phi) is 10.5. The molecular weight excluding hydrogens is 729 g/mol. The summed E-state index contributed by atoms with van der Waals surface area (Å²) in [5, 5.41) is 3.08. The Balaban J connectivity index is 1.09. The predicted molar refractivity (Wildman–Crippen MR) is 258 cm³/mol. The van der Waals surface area contributed by atoms with Crippen molar-refractivity contribution >= 4 is 64.7 Å². The number of benzene rings is 8. The molecule has 0 atom stereocenters. The van der Waals surface area contributed by atoms with Crippen LogP contribution in [-0.4, -0.2) is 8.07 Å². The van der Waals surface area contributed by atoms with Crippen molar-refractivity contribution < 1.29 is 0 Å². The Bertz CT molecular complexity index is 2490. The summed E-state index contributed by atoms with van der Waals surface area (Å²) in [4.78, 5) is 4.69. The Morgan fingerprint density at radius 3 is 1.00 bits per heavy atom. The zero-order valence-electron chi connectivity index (χ0n) is 34.4. The largest absolute Gasteiger partial charge is 0.310 e. The van der Waals surface area contributed by atoms with Gasteiger partial charge in [-0.25, -0.2) is 0 Å². The molecule has 2 nitrogen and oxygen atoms in total. The van der Waals surface area contributed by atoms with Crippen LogP contribution in [0.4, 0.5) is 34.1 Å². The first-order chi connectivity index (χ1) is 29.0. The smallest absolute Gasteiger partial charge is 0.119 e. The molecule has 0 aromatic heterocycles. The highest BCUT2D eigenvalue weighted by Gasteiger charge is 2.38. The number of anilines is 6. The van der Waals surface area contributed by atoms with Crippen molar-refractivity contribution in [1.82, 2.24) is 0 Å². The van der Waals surface area contributed by atoms with Gasteiger partial charge in [0.1, 0.15) is 8.07 Å². The summed E-state index contributed by atoms with van der Waals surface area (Å²) in [5.41, 5.74) is 17.3. The molecule has 0 saturated carbocycles. The zero-order valence-corrected chi connectivity index (χ0v) is 35.4. The van der Waals surface area contributed by atoms with Crippen LogP contribution in [0.1, 0.15) is 36.1 Å². The minimum atomic E-state index is -2.20. The van der Waals surface area contributed by atoms with E-state index >= 15 is 0 Å². The Hall–Kier alpha value is -6.68. The third-order valence-electron chi connectivity index (χ3n) is 12.4. The van der Waals surface area contributed by atoms with E-state index < -0.39 is 8.07 Å². The SMILES string of the molecule is CC[Si]1(CC)c2cc(-c3ccc(N(c4ccccc4)c4ccccc4)cc3C)ccc2C=Cc2ccc(-c3ccc(N(c4ccccc4)c4ccccc4)cc3C)cc21. The second-order valence-corrected chi connectivity index (χ2v) is 20.4. The molecule has 1 aliphatic heterocycles. The Morgan fingerprint density at radius 2 is 0.695 bits per heavy atom. The summed E-state index contributed by atoms with van der Waals surface area (Å²) in [6.07, 6.45) is 4.74. The minimum absolute atomic E-state index is 1.14. The first kappa shape index (κ1) is 37.9. The summed E-state index contributed by atoms with van der Waals surface area (Å²) in [6.45, 7) is 9.38. The molecule has 0 fully saturated rings. The summed E-state index contributed by atoms with van der Waals surface area (Å²) in [5.74, 6) is 0. The molecule has 0 unspecified atom stereocenters. The third kappa shape index (κ3) is 7.13.